The van der Waals surface area contributed by atoms with E-state index in [9.17, 15) is 10.1 Å². The van der Waals surface area contributed by atoms with E-state index in [1.165, 1.54) is 17.5 Å². The summed E-state index contributed by atoms with van der Waals surface area (Å²) in [7, 11) is 1.81. The maximum Gasteiger partial charge on any atom is 0.199 e. The minimum absolute atomic E-state index is 0.309. The Kier molecular flexibility index (Phi) is 3.67. The Morgan fingerprint density at radius 2 is 2.16 bits per heavy atom. The SMILES string of the molecule is Cn1c([C@@H](C#N)C(=O)c2cnc(-c3ccco3)s2)nc2ccccc21. The van der Waals surface area contributed by atoms with E-state index in [2.05, 4.69) is 16.0 Å². The van der Waals surface area contributed by atoms with E-state index in [4.69, 9.17) is 4.42 Å². The molecule has 25 heavy (non-hydrogen) atoms. The second-order valence-corrected chi connectivity index (χ2v) is 6.48. The second kappa shape index (κ2) is 6.00. The number of nitrogens with zero attached hydrogens (tertiary/aromatic N) is 4. The summed E-state index contributed by atoms with van der Waals surface area (Å²) in [6.45, 7) is 0. The number of aromatic nitrogens is 3. The Morgan fingerprint density at radius 3 is 2.88 bits per heavy atom. The summed E-state index contributed by atoms with van der Waals surface area (Å²) in [5, 5.41) is 10.2. The molecule has 7 heteroatoms. The van der Waals surface area contributed by atoms with Crippen molar-refractivity contribution >= 4 is 28.2 Å². The first-order chi connectivity index (χ1) is 12.2. The number of furan rings is 1. The highest BCUT2D eigenvalue weighted by atomic mass is 32.1. The smallest absolute Gasteiger partial charge is 0.199 e. The Balaban J connectivity index is 1.72. The summed E-state index contributed by atoms with van der Waals surface area (Å²) in [6.07, 6.45) is 3.04. The molecular formula is C18H12N4O2S. The highest BCUT2D eigenvalue weighted by Crippen LogP contribution is 2.30. The minimum atomic E-state index is -0.984. The van der Waals surface area contributed by atoms with E-state index in [1.54, 1.807) is 23.0 Å². The van der Waals surface area contributed by atoms with Gasteiger partial charge in [0.15, 0.2) is 22.5 Å². The molecule has 1 atom stereocenters. The molecule has 0 aliphatic carbocycles. The predicted molar refractivity (Wildman–Crippen MR) is 93.2 cm³/mol. The largest absolute Gasteiger partial charge is 0.462 e. The number of fused-ring (bicyclic) bond motifs is 1. The zero-order valence-corrected chi connectivity index (χ0v) is 14.0. The average molecular weight is 348 g/mol. The number of aryl methyl sites for hydroxylation is 1. The first-order valence-corrected chi connectivity index (χ1v) is 8.35. The van der Waals surface area contributed by atoms with Crippen LogP contribution in [-0.2, 0) is 7.05 Å². The zero-order valence-electron chi connectivity index (χ0n) is 13.2. The molecule has 0 spiro atoms. The number of carbonyl (C=O) groups excluding carboxylic acids is 1. The van der Waals surface area contributed by atoms with Gasteiger partial charge in [-0.2, -0.15) is 5.26 Å². The fourth-order valence-corrected chi connectivity index (χ4v) is 3.55. The quantitative estimate of drug-likeness (QED) is 0.524. The molecular weight excluding hydrogens is 336 g/mol. The Hall–Kier alpha value is -3.24. The van der Waals surface area contributed by atoms with E-state index in [0.29, 0.717) is 21.5 Å². The van der Waals surface area contributed by atoms with Gasteiger partial charge in [0.25, 0.3) is 0 Å². The van der Waals surface area contributed by atoms with Crippen LogP contribution in [0.5, 0.6) is 0 Å². The third-order valence-electron chi connectivity index (χ3n) is 3.95. The average Bonchev–Trinajstić information content (AvgIpc) is 3.36. The van der Waals surface area contributed by atoms with E-state index in [1.807, 2.05) is 31.3 Å². The first kappa shape index (κ1) is 15.3. The van der Waals surface area contributed by atoms with Crippen LogP contribution in [0.25, 0.3) is 21.8 Å². The van der Waals surface area contributed by atoms with Crippen molar-refractivity contribution in [1.82, 2.24) is 14.5 Å². The molecule has 3 heterocycles. The number of nitriles is 1. The van der Waals surface area contributed by atoms with E-state index in [0.717, 1.165) is 11.0 Å². The van der Waals surface area contributed by atoms with Crippen molar-refractivity contribution in [3.05, 3.63) is 59.6 Å². The van der Waals surface area contributed by atoms with Gasteiger partial charge in [0.2, 0.25) is 0 Å². The molecule has 3 aromatic heterocycles. The lowest BCUT2D eigenvalue weighted by Crippen LogP contribution is -2.14. The van der Waals surface area contributed by atoms with Gasteiger partial charge in [0.05, 0.1) is 28.2 Å². The topological polar surface area (TPSA) is 84.7 Å². The van der Waals surface area contributed by atoms with Crippen LogP contribution in [0, 0.1) is 11.3 Å². The number of hydrogen-bond donors (Lipinski definition) is 0. The van der Waals surface area contributed by atoms with Crippen molar-refractivity contribution in [2.75, 3.05) is 0 Å². The molecule has 0 fully saturated rings. The van der Waals surface area contributed by atoms with Crippen LogP contribution in [0.2, 0.25) is 0 Å². The van der Waals surface area contributed by atoms with Gasteiger partial charge in [0, 0.05) is 13.2 Å². The number of rotatable bonds is 4. The molecule has 6 nitrogen and oxygen atoms in total. The number of thiazole rings is 1. The fourth-order valence-electron chi connectivity index (χ4n) is 2.70. The number of ketones is 1. The molecule has 0 amide bonds. The molecule has 0 saturated heterocycles. The monoisotopic (exact) mass is 348 g/mol. The minimum Gasteiger partial charge on any atom is -0.462 e. The van der Waals surface area contributed by atoms with Crippen LogP contribution in [0.1, 0.15) is 21.4 Å². The molecule has 0 unspecified atom stereocenters. The predicted octanol–water partition coefficient (Wildman–Crippen LogP) is 3.78. The lowest BCUT2D eigenvalue weighted by molar-refractivity contribution is 0.0979. The van der Waals surface area contributed by atoms with Crippen LogP contribution in [0.3, 0.4) is 0 Å². The fraction of sp³-hybridized carbons (Fsp3) is 0.111. The molecule has 122 valence electrons. The van der Waals surface area contributed by atoms with Gasteiger partial charge < -0.3 is 8.98 Å². The zero-order chi connectivity index (χ0) is 17.4. The van der Waals surface area contributed by atoms with Crippen LogP contribution in [0.15, 0.2) is 53.3 Å². The van der Waals surface area contributed by atoms with Gasteiger partial charge in [-0.3, -0.25) is 4.79 Å². The number of imidazole rings is 1. The van der Waals surface area contributed by atoms with Gasteiger partial charge in [-0.1, -0.05) is 12.1 Å². The molecule has 0 aliphatic heterocycles. The third kappa shape index (κ3) is 2.53. The van der Waals surface area contributed by atoms with Gasteiger partial charge in [-0.15, -0.1) is 11.3 Å². The molecule has 0 aliphatic rings. The van der Waals surface area contributed by atoms with E-state index < -0.39 is 5.92 Å². The van der Waals surface area contributed by atoms with Crippen LogP contribution >= 0.6 is 11.3 Å². The van der Waals surface area contributed by atoms with Crippen molar-refractivity contribution in [2.45, 2.75) is 5.92 Å². The highest BCUT2D eigenvalue weighted by molar-refractivity contribution is 7.16. The summed E-state index contributed by atoms with van der Waals surface area (Å²) >= 11 is 1.21. The number of benzene rings is 1. The lowest BCUT2D eigenvalue weighted by atomic mass is 10.0. The lowest BCUT2D eigenvalue weighted by Gasteiger charge is -2.06. The van der Waals surface area contributed by atoms with Crippen molar-refractivity contribution in [1.29, 1.82) is 5.26 Å². The van der Waals surface area contributed by atoms with Crippen molar-refractivity contribution < 1.29 is 9.21 Å². The van der Waals surface area contributed by atoms with Crippen molar-refractivity contribution in [2.24, 2.45) is 7.05 Å². The summed E-state index contributed by atoms with van der Waals surface area (Å²) in [5.74, 6) is -0.263. The number of hydrogen-bond acceptors (Lipinski definition) is 6. The summed E-state index contributed by atoms with van der Waals surface area (Å²) < 4.78 is 7.09. The molecule has 0 saturated carbocycles. The van der Waals surface area contributed by atoms with Gasteiger partial charge in [0.1, 0.15) is 5.82 Å². The normalized spacial score (nSPS) is 12.2. The highest BCUT2D eigenvalue weighted by Gasteiger charge is 2.28. The summed E-state index contributed by atoms with van der Waals surface area (Å²) in [4.78, 5) is 22.0. The second-order valence-electron chi connectivity index (χ2n) is 5.45. The maximum absolute atomic E-state index is 12.9. The molecule has 1 aromatic carbocycles. The van der Waals surface area contributed by atoms with Crippen molar-refractivity contribution in [3.8, 4) is 16.8 Å². The first-order valence-electron chi connectivity index (χ1n) is 7.54. The Labute approximate surface area is 147 Å². The molecule has 4 rings (SSSR count). The Morgan fingerprint density at radius 1 is 1.32 bits per heavy atom. The van der Waals surface area contributed by atoms with Crippen LogP contribution in [0.4, 0.5) is 0 Å². The van der Waals surface area contributed by atoms with Gasteiger partial charge in [-0.05, 0) is 24.3 Å². The summed E-state index contributed by atoms with van der Waals surface area (Å²) in [6, 6.07) is 13.2. The third-order valence-corrected chi connectivity index (χ3v) is 4.98. The van der Waals surface area contributed by atoms with E-state index >= 15 is 0 Å². The van der Waals surface area contributed by atoms with Crippen LogP contribution < -0.4 is 0 Å². The van der Waals surface area contributed by atoms with E-state index in [-0.39, 0.29) is 5.78 Å². The number of para-hydroxylation sites is 2. The number of carbonyl (C=O) groups is 1. The number of Topliss-reactive ketones (excluding diaryl/α,β-unsaturated/α-hetero) is 1. The molecule has 0 N–H and O–H groups in total. The van der Waals surface area contributed by atoms with Crippen LogP contribution in [-0.4, -0.2) is 20.3 Å². The standard InChI is InChI=1S/C18H12N4O2S/c1-22-13-6-3-2-5-12(13)21-17(22)11(9-19)16(23)15-10-20-18(25-15)14-7-4-8-24-14/h2-8,10-11H,1H3/t11-/m0/s1. The van der Waals surface area contributed by atoms with Crippen molar-refractivity contribution in [3.63, 3.8) is 0 Å². The van der Waals surface area contributed by atoms with Gasteiger partial charge >= 0.3 is 0 Å². The molecule has 0 radical (unpaired) electrons. The summed E-state index contributed by atoms with van der Waals surface area (Å²) in [5.41, 5.74) is 1.64. The van der Waals surface area contributed by atoms with Gasteiger partial charge in [-0.25, -0.2) is 9.97 Å². The molecule has 4 aromatic rings. The molecule has 0 bridgehead atoms. The maximum atomic E-state index is 12.9. The Bertz CT molecular complexity index is 1100.